The average Bonchev–Trinajstić information content (AvgIpc) is 2.38. The van der Waals surface area contributed by atoms with Gasteiger partial charge in [-0.1, -0.05) is 0 Å². The number of hydrogen-bond donors (Lipinski definition) is 1. The number of thioether (sulfide) groups is 1. The number of nitrogens with zero attached hydrogens (tertiary/aromatic N) is 4. The van der Waals surface area contributed by atoms with Crippen LogP contribution in [0.5, 0.6) is 0 Å². The highest BCUT2D eigenvalue weighted by atomic mass is 32.2. The molecule has 0 aliphatic carbocycles. The summed E-state index contributed by atoms with van der Waals surface area (Å²) >= 11 is 1.86. The predicted molar refractivity (Wildman–Crippen MR) is 72.4 cm³/mol. The Morgan fingerprint density at radius 3 is 3.00 bits per heavy atom. The summed E-state index contributed by atoms with van der Waals surface area (Å²) in [5, 5.41) is 14.0. The second-order valence-electron chi connectivity index (χ2n) is 4.02. The van der Waals surface area contributed by atoms with Crippen molar-refractivity contribution in [1.29, 1.82) is 0 Å². The third kappa shape index (κ3) is 2.33. The van der Waals surface area contributed by atoms with Crippen molar-refractivity contribution in [3.05, 3.63) is 16.4 Å². The van der Waals surface area contributed by atoms with E-state index in [0.29, 0.717) is 5.82 Å². The Bertz CT molecular complexity index is 456. The largest absolute Gasteiger partial charge is 0.367 e. The lowest BCUT2D eigenvalue weighted by Crippen LogP contribution is -2.41. The molecule has 18 heavy (non-hydrogen) atoms. The fourth-order valence-corrected chi connectivity index (χ4v) is 2.99. The second kappa shape index (κ2) is 5.38. The Balaban J connectivity index is 2.45. The van der Waals surface area contributed by atoms with Gasteiger partial charge < -0.3 is 10.2 Å². The Hall–Kier alpha value is -1.57. The van der Waals surface area contributed by atoms with Crippen LogP contribution in [0.3, 0.4) is 0 Å². The average molecular weight is 269 g/mol. The van der Waals surface area contributed by atoms with Crippen LogP contribution in [-0.4, -0.2) is 46.0 Å². The number of aromatic nitrogens is 2. The van der Waals surface area contributed by atoms with E-state index in [9.17, 15) is 10.1 Å². The molecule has 0 saturated carbocycles. The second-order valence-corrected chi connectivity index (χ2v) is 5.17. The van der Waals surface area contributed by atoms with Crippen LogP contribution in [0.25, 0.3) is 0 Å². The summed E-state index contributed by atoms with van der Waals surface area (Å²) in [4.78, 5) is 20.8. The lowest BCUT2D eigenvalue weighted by atomic mass is 10.3. The van der Waals surface area contributed by atoms with Gasteiger partial charge in [0.2, 0.25) is 11.6 Å². The molecule has 1 saturated heterocycles. The zero-order chi connectivity index (χ0) is 13.1. The Morgan fingerprint density at radius 1 is 1.61 bits per heavy atom. The molecule has 1 N–H and O–H groups in total. The third-order valence-corrected chi connectivity index (χ3v) is 4.05. The Labute approximate surface area is 109 Å². The van der Waals surface area contributed by atoms with Gasteiger partial charge in [0.05, 0.1) is 4.92 Å². The van der Waals surface area contributed by atoms with E-state index in [1.807, 2.05) is 16.7 Å². The molecule has 1 aliphatic rings. The SMILES string of the molecule is CNc1ncnc(N2CCSCC2C)c1[N+](=O)[O-]. The van der Waals surface area contributed by atoms with E-state index in [0.717, 1.165) is 18.1 Å². The van der Waals surface area contributed by atoms with E-state index in [-0.39, 0.29) is 17.5 Å². The van der Waals surface area contributed by atoms with E-state index in [2.05, 4.69) is 22.2 Å². The lowest BCUT2D eigenvalue weighted by molar-refractivity contribution is -0.383. The zero-order valence-electron chi connectivity index (χ0n) is 10.3. The molecule has 98 valence electrons. The van der Waals surface area contributed by atoms with Gasteiger partial charge >= 0.3 is 5.69 Å². The molecular weight excluding hydrogens is 254 g/mol. The van der Waals surface area contributed by atoms with Crippen LogP contribution in [0.1, 0.15) is 6.92 Å². The number of anilines is 2. The maximum absolute atomic E-state index is 11.2. The van der Waals surface area contributed by atoms with Crippen molar-refractivity contribution in [2.75, 3.05) is 35.3 Å². The van der Waals surface area contributed by atoms with Crippen molar-refractivity contribution in [3.63, 3.8) is 0 Å². The highest BCUT2D eigenvalue weighted by molar-refractivity contribution is 7.99. The van der Waals surface area contributed by atoms with Crippen LogP contribution in [-0.2, 0) is 0 Å². The first-order valence-electron chi connectivity index (χ1n) is 5.66. The fourth-order valence-electron chi connectivity index (χ4n) is 1.97. The first kappa shape index (κ1) is 12.9. The highest BCUT2D eigenvalue weighted by Crippen LogP contribution is 2.34. The van der Waals surface area contributed by atoms with Crippen molar-refractivity contribution < 1.29 is 4.92 Å². The van der Waals surface area contributed by atoms with Crippen LogP contribution in [0, 0.1) is 10.1 Å². The molecular formula is C10H15N5O2S. The number of nitro groups is 1. The van der Waals surface area contributed by atoms with Crippen LogP contribution in [0.2, 0.25) is 0 Å². The first-order chi connectivity index (χ1) is 8.65. The minimum atomic E-state index is -0.421. The quantitative estimate of drug-likeness (QED) is 0.655. The zero-order valence-corrected chi connectivity index (χ0v) is 11.1. The van der Waals surface area contributed by atoms with Crippen LogP contribution >= 0.6 is 11.8 Å². The Kier molecular flexibility index (Phi) is 3.85. The fraction of sp³-hybridized carbons (Fsp3) is 0.600. The maximum atomic E-state index is 11.2. The van der Waals surface area contributed by atoms with Gasteiger partial charge in [0.25, 0.3) is 0 Å². The van der Waals surface area contributed by atoms with E-state index in [4.69, 9.17) is 0 Å². The summed E-state index contributed by atoms with van der Waals surface area (Å²) < 4.78 is 0. The predicted octanol–water partition coefficient (Wildman–Crippen LogP) is 1.37. The standard InChI is InChI=1S/C10H15N5O2S/c1-7-5-18-4-3-14(7)10-8(15(16)17)9(11-2)12-6-13-10/h6-7H,3-5H2,1-2H3,(H,11,12,13). The molecule has 8 heteroatoms. The van der Waals surface area contributed by atoms with Gasteiger partial charge in [-0.25, -0.2) is 9.97 Å². The first-order valence-corrected chi connectivity index (χ1v) is 6.82. The van der Waals surface area contributed by atoms with Crippen LogP contribution in [0.4, 0.5) is 17.3 Å². The molecule has 1 unspecified atom stereocenters. The Morgan fingerprint density at radius 2 is 2.39 bits per heavy atom. The van der Waals surface area contributed by atoms with Crippen molar-refractivity contribution >= 4 is 29.1 Å². The molecule has 2 heterocycles. The number of rotatable bonds is 3. The van der Waals surface area contributed by atoms with Gasteiger partial charge in [0.1, 0.15) is 6.33 Å². The molecule has 1 fully saturated rings. The van der Waals surface area contributed by atoms with E-state index in [1.165, 1.54) is 6.33 Å². The van der Waals surface area contributed by atoms with Gasteiger partial charge in [0, 0.05) is 31.1 Å². The molecule has 2 rings (SSSR count). The van der Waals surface area contributed by atoms with Gasteiger partial charge in [-0.05, 0) is 6.92 Å². The smallest absolute Gasteiger partial charge is 0.353 e. The number of nitrogens with one attached hydrogen (secondary N) is 1. The lowest BCUT2D eigenvalue weighted by Gasteiger charge is -2.33. The molecule has 7 nitrogen and oxygen atoms in total. The molecule has 0 bridgehead atoms. The van der Waals surface area contributed by atoms with Gasteiger partial charge in [-0.2, -0.15) is 11.8 Å². The molecule has 0 aromatic carbocycles. The molecule has 0 radical (unpaired) electrons. The molecule has 1 aliphatic heterocycles. The molecule has 0 spiro atoms. The van der Waals surface area contributed by atoms with Crippen molar-refractivity contribution in [1.82, 2.24) is 9.97 Å². The number of hydrogen-bond acceptors (Lipinski definition) is 7. The normalized spacial score (nSPS) is 19.7. The highest BCUT2D eigenvalue weighted by Gasteiger charge is 2.30. The summed E-state index contributed by atoms with van der Waals surface area (Å²) in [7, 11) is 1.62. The minimum Gasteiger partial charge on any atom is -0.367 e. The third-order valence-electron chi connectivity index (χ3n) is 2.86. The maximum Gasteiger partial charge on any atom is 0.353 e. The molecule has 1 aromatic rings. The molecule has 1 atom stereocenters. The van der Waals surface area contributed by atoms with Gasteiger partial charge in [0.15, 0.2) is 0 Å². The van der Waals surface area contributed by atoms with E-state index in [1.54, 1.807) is 7.05 Å². The van der Waals surface area contributed by atoms with Crippen LogP contribution < -0.4 is 10.2 Å². The topological polar surface area (TPSA) is 84.2 Å². The van der Waals surface area contributed by atoms with E-state index >= 15 is 0 Å². The van der Waals surface area contributed by atoms with Crippen molar-refractivity contribution in [3.8, 4) is 0 Å². The van der Waals surface area contributed by atoms with Crippen molar-refractivity contribution in [2.45, 2.75) is 13.0 Å². The minimum absolute atomic E-state index is 0.0428. The van der Waals surface area contributed by atoms with Crippen molar-refractivity contribution in [2.24, 2.45) is 0 Å². The summed E-state index contributed by atoms with van der Waals surface area (Å²) in [6, 6.07) is 0.238. The summed E-state index contributed by atoms with van der Waals surface area (Å²) in [5.41, 5.74) is -0.0428. The van der Waals surface area contributed by atoms with Crippen LogP contribution in [0.15, 0.2) is 6.33 Å². The van der Waals surface area contributed by atoms with E-state index < -0.39 is 4.92 Å². The summed E-state index contributed by atoms with van der Waals surface area (Å²) in [6.45, 7) is 2.82. The monoisotopic (exact) mass is 269 g/mol. The molecule has 1 aromatic heterocycles. The molecule has 0 amide bonds. The summed E-state index contributed by atoms with van der Waals surface area (Å²) in [5.74, 6) is 2.58. The van der Waals surface area contributed by atoms with Gasteiger partial charge in [-0.15, -0.1) is 0 Å². The summed E-state index contributed by atoms with van der Waals surface area (Å²) in [6.07, 6.45) is 1.36. The van der Waals surface area contributed by atoms with Gasteiger partial charge in [-0.3, -0.25) is 10.1 Å².